The third-order valence-electron chi connectivity index (χ3n) is 1.53. The third kappa shape index (κ3) is 2.81. The lowest BCUT2D eigenvalue weighted by atomic mass is 10.1. The fraction of sp³-hybridized carbons (Fsp3) is 0.250. The van der Waals surface area contributed by atoms with Crippen molar-refractivity contribution in [2.45, 2.75) is 13.5 Å². The van der Waals surface area contributed by atoms with E-state index in [0.29, 0.717) is 6.54 Å². The molecule has 1 nitrogen and oxygen atoms in total. The van der Waals surface area contributed by atoms with E-state index < -0.39 is 0 Å². The molecule has 0 radical (unpaired) electrons. The Hall–Kier alpha value is -0.0500. The normalized spacial score (nSPS) is 9.00. The highest BCUT2D eigenvalue weighted by atomic mass is 79.9. The van der Waals surface area contributed by atoms with E-state index in [2.05, 4.69) is 35.0 Å². The molecule has 0 aromatic heterocycles. The van der Waals surface area contributed by atoms with Crippen molar-refractivity contribution in [3.05, 3.63) is 33.8 Å². The van der Waals surface area contributed by atoms with E-state index in [1.54, 1.807) is 0 Å². The fourth-order valence-corrected chi connectivity index (χ4v) is 1.27. The molecule has 3 heteroatoms. The molecule has 0 aliphatic carbocycles. The minimum Gasteiger partial charge on any atom is -0.326 e. The van der Waals surface area contributed by atoms with Crippen molar-refractivity contribution in [2.75, 3.05) is 0 Å². The molecule has 0 saturated heterocycles. The van der Waals surface area contributed by atoms with Gasteiger partial charge in [-0.05, 0) is 30.2 Å². The molecule has 1 aromatic rings. The molecule has 0 spiro atoms. The Kier molecular flexibility index (Phi) is 4.73. The maximum Gasteiger partial charge on any atom is 0.0181 e. The quantitative estimate of drug-likeness (QED) is 0.797. The standard InChI is InChI=1S/C8H10BrN.ClH/c1-6-2-3-8(9)4-7(6)5-10;/h2-4H,5,10H2,1H3;1H. The molecule has 0 fully saturated rings. The first kappa shape index (κ1) is 11.0. The van der Waals surface area contributed by atoms with Crippen LogP contribution in [-0.2, 0) is 6.54 Å². The van der Waals surface area contributed by atoms with Gasteiger partial charge in [-0.25, -0.2) is 0 Å². The Morgan fingerprint density at radius 3 is 2.55 bits per heavy atom. The van der Waals surface area contributed by atoms with Crippen molar-refractivity contribution < 1.29 is 0 Å². The van der Waals surface area contributed by atoms with Gasteiger partial charge in [-0.1, -0.05) is 22.0 Å². The third-order valence-corrected chi connectivity index (χ3v) is 2.02. The van der Waals surface area contributed by atoms with Gasteiger partial charge in [0.2, 0.25) is 0 Å². The number of benzene rings is 1. The lowest BCUT2D eigenvalue weighted by Gasteiger charge is -2.01. The van der Waals surface area contributed by atoms with Crippen molar-refractivity contribution in [1.82, 2.24) is 0 Å². The Balaban J connectivity index is 0.000001000. The van der Waals surface area contributed by atoms with Crippen LogP contribution >= 0.6 is 28.3 Å². The molecule has 1 rings (SSSR count). The van der Waals surface area contributed by atoms with Crippen molar-refractivity contribution >= 4 is 28.3 Å². The van der Waals surface area contributed by atoms with Crippen LogP contribution in [-0.4, -0.2) is 0 Å². The highest BCUT2D eigenvalue weighted by molar-refractivity contribution is 9.10. The number of halogens is 2. The van der Waals surface area contributed by atoms with Gasteiger partial charge in [0.05, 0.1) is 0 Å². The second kappa shape index (κ2) is 4.75. The van der Waals surface area contributed by atoms with E-state index in [4.69, 9.17) is 5.73 Å². The number of nitrogens with two attached hydrogens (primary N) is 1. The first-order valence-corrected chi connectivity index (χ1v) is 3.98. The Morgan fingerprint density at radius 1 is 1.45 bits per heavy atom. The van der Waals surface area contributed by atoms with Crippen LogP contribution in [0.3, 0.4) is 0 Å². The molecule has 62 valence electrons. The Bertz CT molecular complexity index is 238. The van der Waals surface area contributed by atoms with Crippen molar-refractivity contribution in [3.8, 4) is 0 Å². The summed E-state index contributed by atoms with van der Waals surface area (Å²) in [5.41, 5.74) is 7.96. The summed E-state index contributed by atoms with van der Waals surface area (Å²) in [5, 5.41) is 0. The molecule has 0 heterocycles. The van der Waals surface area contributed by atoms with Crippen molar-refractivity contribution in [1.29, 1.82) is 0 Å². The molecule has 0 saturated carbocycles. The van der Waals surface area contributed by atoms with Gasteiger partial charge in [-0.15, -0.1) is 12.4 Å². The van der Waals surface area contributed by atoms with Gasteiger partial charge in [-0.3, -0.25) is 0 Å². The molecular formula is C8H11BrClN. The Morgan fingerprint density at radius 2 is 2.09 bits per heavy atom. The first-order valence-electron chi connectivity index (χ1n) is 3.19. The van der Waals surface area contributed by atoms with Gasteiger partial charge in [0.25, 0.3) is 0 Å². The second-order valence-electron chi connectivity index (χ2n) is 2.27. The van der Waals surface area contributed by atoms with Crippen LogP contribution in [0, 0.1) is 6.92 Å². The zero-order valence-electron chi connectivity index (χ0n) is 6.30. The highest BCUT2D eigenvalue weighted by Gasteiger charge is 1.94. The predicted molar refractivity (Wildman–Crippen MR) is 54.0 cm³/mol. The van der Waals surface area contributed by atoms with E-state index in [-0.39, 0.29) is 12.4 Å². The molecule has 0 bridgehead atoms. The average Bonchev–Trinajstić information content (AvgIpc) is 1.94. The summed E-state index contributed by atoms with van der Waals surface area (Å²) in [5.74, 6) is 0. The molecule has 0 aliphatic heterocycles. The monoisotopic (exact) mass is 235 g/mol. The molecule has 0 atom stereocenters. The maximum atomic E-state index is 5.50. The van der Waals surface area contributed by atoms with Gasteiger partial charge in [0.1, 0.15) is 0 Å². The van der Waals surface area contributed by atoms with Crippen LogP contribution in [0.2, 0.25) is 0 Å². The molecular weight excluding hydrogens is 225 g/mol. The number of hydrogen-bond donors (Lipinski definition) is 1. The second-order valence-corrected chi connectivity index (χ2v) is 3.19. The minimum atomic E-state index is 0. The van der Waals surface area contributed by atoms with E-state index >= 15 is 0 Å². The summed E-state index contributed by atoms with van der Waals surface area (Å²) in [7, 11) is 0. The first-order chi connectivity index (χ1) is 4.74. The number of aryl methyl sites for hydroxylation is 1. The van der Waals surface area contributed by atoms with Crippen LogP contribution < -0.4 is 5.73 Å². The largest absolute Gasteiger partial charge is 0.326 e. The van der Waals surface area contributed by atoms with Gasteiger partial charge in [0, 0.05) is 11.0 Å². The van der Waals surface area contributed by atoms with E-state index in [1.807, 2.05) is 6.07 Å². The SMILES string of the molecule is Cc1ccc(Br)cc1CN.Cl. The zero-order valence-corrected chi connectivity index (χ0v) is 8.71. The lowest BCUT2D eigenvalue weighted by molar-refractivity contribution is 1.05. The van der Waals surface area contributed by atoms with E-state index in [0.717, 1.165) is 4.47 Å². The summed E-state index contributed by atoms with van der Waals surface area (Å²) in [6, 6.07) is 6.14. The molecule has 0 amide bonds. The van der Waals surface area contributed by atoms with Crippen LogP contribution in [0.4, 0.5) is 0 Å². The smallest absolute Gasteiger partial charge is 0.0181 e. The van der Waals surface area contributed by atoms with Crippen LogP contribution in [0.5, 0.6) is 0 Å². The summed E-state index contributed by atoms with van der Waals surface area (Å²) in [6.07, 6.45) is 0. The van der Waals surface area contributed by atoms with E-state index in [1.165, 1.54) is 11.1 Å². The molecule has 0 aliphatic rings. The zero-order chi connectivity index (χ0) is 7.56. The van der Waals surface area contributed by atoms with Crippen LogP contribution in [0.1, 0.15) is 11.1 Å². The lowest BCUT2D eigenvalue weighted by Crippen LogP contribution is -1.98. The van der Waals surface area contributed by atoms with Gasteiger partial charge in [0.15, 0.2) is 0 Å². The Labute approximate surface area is 81.5 Å². The summed E-state index contributed by atoms with van der Waals surface area (Å²) in [4.78, 5) is 0. The molecule has 11 heavy (non-hydrogen) atoms. The summed E-state index contributed by atoms with van der Waals surface area (Å²) >= 11 is 3.38. The van der Waals surface area contributed by atoms with Gasteiger partial charge < -0.3 is 5.73 Å². The number of hydrogen-bond acceptors (Lipinski definition) is 1. The van der Waals surface area contributed by atoms with Crippen LogP contribution in [0.25, 0.3) is 0 Å². The summed E-state index contributed by atoms with van der Waals surface area (Å²) in [6.45, 7) is 2.68. The fourth-order valence-electron chi connectivity index (χ4n) is 0.860. The molecule has 0 unspecified atom stereocenters. The highest BCUT2D eigenvalue weighted by Crippen LogP contribution is 2.14. The molecule has 2 N–H and O–H groups in total. The molecule has 1 aromatic carbocycles. The van der Waals surface area contributed by atoms with Crippen molar-refractivity contribution in [3.63, 3.8) is 0 Å². The summed E-state index contributed by atoms with van der Waals surface area (Å²) < 4.78 is 1.10. The minimum absolute atomic E-state index is 0. The van der Waals surface area contributed by atoms with Crippen molar-refractivity contribution in [2.24, 2.45) is 5.73 Å². The van der Waals surface area contributed by atoms with Gasteiger partial charge in [-0.2, -0.15) is 0 Å². The maximum absolute atomic E-state index is 5.50. The topological polar surface area (TPSA) is 26.0 Å². The van der Waals surface area contributed by atoms with Crippen LogP contribution in [0.15, 0.2) is 22.7 Å². The van der Waals surface area contributed by atoms with Gasteiger partial charge >= 0.3 is 0 Å². The van der Waals surface area contributed by atoms with E-state index in [9.17, 15) is 0 Å². The number of rotatable bonds is 1. The average molecular weight is 237 g/mol. The predicted octanol–water partition coefficient (Wildman–Crippen LogP) is 2.64.